The molecule has 86 valence electrons. The molecule has 1 fully saturated rings. The highest BCUT2D eigenvalue weighted by Crippen LogP contribution is 2.17. The third-order valence-corrected chi connectivity index (χ3v) is 2.40. The molecular formula is C10H12N2O4. The van der Waals surface area contributed by atoms with Gasteiger partial charge < -0.3 is 14.6 Å². The van der Waals surface area contributed by atoms with Crippen molar-refractivity contribution in [3.05, 3.63) is 17.8 Å². The summed E-state index contributed by atoms with van der Waals surface area (Å²) in [6, 6.07) is 1.37. The molecule has 2 heterocycles. The van der Waals surface area contributed by atoms with Gasteiger partial charge in [0.25, 0.3) is 0 Å². The molecule has 1 aromatic rings. The zero-order valence-electron chi connectivity index (χ0n) is 8.63. The molecular weight excluding hydrogens is 212 g/mol. The van der Waals surface area contributed by atoms with Gasteiger partial charge in [-0.25, -0.2) is 4.79 Å². The second kappa shape index (κ2) is 4.89. The predicted octanol–water partition coefficient (Wildman–Crippen LogP) is 0.590. The van der Waals surface area contributed by atoms with Crippen molar-refractivity contribution in [2.45, 2.75) is 6.42 Å². The van der Waals surface area contributed by atoms with Gasteiger partial charge in [0.15, 0.2) is 0 Å². The van der Waals surface area contributed by atoms with Gasteiger partial charge in [-0.1, -0.05) is 0 Å². The number of hydrogen-bond acceptors (Lipinski definition) is 5. The molecule has 0 spiro atoms. The first-order valence-corrected chi connectivity index (χ1v) is 5.03. The fraction of sp³-hybridized carbons (Fsp3) is 0.500. The van der Waals surface area contributed by atoms with Gasteiger partial charge in [0, 0.05) is 12.5 Å². The van der Waals surface area contributed by atoms with Crippen molar-refractivity contribution in [2.75, 3.05) is 19.8 Å². The highest BCUT2D eigenvalue weighted by Gasteiger charge is 2.19. The lowest BCUT2D eigenvalue weighted by Crippen LogP contribution is -2.14. The molecule has 6 nitrogen and oxygen atoms in total. The normalized spacial score (nSPS) is 19.6. The zero-order chi connectivity index (χ0) is 11.4. The highest BCUT2D eigenvalue weighted by molar-refractivity contribution is 5.89. The molecule has 16 heavy (non-hydrogen) atoms. The third-order valence-electron chi connectivity index (χ3n) is 2.40. The third kappa shape index (κ3) is 2.46. The average Bonchev–Trinajstić information content (AvgIpc) is 2.79. The van der Waals surface area contributed by atoms with E-state index in [9.17, 15) is 4.79 Å². The van der Waals surface area contributed by atoms with E-state index in [4.69, 9.17) is 14.6 Å². The Balaban J connectivity index is 2.00. The van der Waals surface area contributed by atoms with Crippen molar-refractivity contribution >= 4 is 5.97 Å². The van der Waals surface area contributed by atoms with E-state index in [1.165, 1.54) is 12.3 Å². The molecule has 0 aromatic carbocycles. The van der Waals surface area contributed by atoms with Crippen LogP contribution in [0.5, 0.6) is 5.88 Å². The van der Waals surface area contributed by atoms with E-state index in [2.05, 4.69) is 10.2 Å². The Bertz CT molecular complexity index is 377. The Hall–Kier alpha value is -1.69. The Morgan fingerprint density at radius 3 is 3.25 bits per heavy atom. The number of carboxylic acid groups (broad SMARTS) is 1. The highest BCUT2D eigenvalue weighted by atomic mass is 16.5. The summed E-state index contributed by atoms with van der Waals surface area (Å²) < 4.78 is 10.5. The van der Waals surface area contributed by atoms with Crippen LogP contribution in [0, 0.1) is 5.92 Å². The molecule has 1 aliphatic heterocycles. The molecule has 1 N–H and O–H groups in total. The maximum atomic E-state index is 10.8. The van der Waals surface area contributed by atoms with Crippen LogP contribution in [0.15, 0.2) is 12.3 Å². The number of nitrogens with zero attached hydrogens (tertiary/aromatic N) is 2. The predicted molar refractivity (Wildman–Crippen MR) is 53.4 cm³/mol. The molecule has 0 aliphatic carbocycles. The number of aromatic nitrogens is 2. The van der Waals surface area contributed by atoms with Crippen LogP contribution < -0.4 is 4.74 Å². The Kier molecular flexibility index (Phi) is 3.31. The Labute approximate surface area is 92.2 Å². The lowest BCUT2D eigenvalue weighted by Gasteiger charge is -2.10. The molecule has 1 aliphatic rings. The maximum absolute atomic E-state index is 10.8. The Morgan fingerprint density at radius 2 is 2.56 bits per heavy atom. The van der Waals surface area contributed by atoms with Crippen molar-refractivity contribution in [3.8, 4) is 5.88 Å². The van der Waals surface area contributed by atoms with Gasteiger partial charge >= 0.3 is 5.97 Å². The SMILES string of the molecule is O=C(O)c1ccnnc1OCC1CCOC1. The second-order valence-electron chi connectivity index (χ2n) is 3.60. The molecule has 6 heteroatoms. The summed E-state index contributed by atoms with van der Waals surface area (Å²) in [4.78, 5) is 10.8. The van der Waals surface area contributed by atoms with Gasteiger partial charge in [-0.05, 0) is 12.5 Å². The van der Waals surface area contributed by atoms with Crippen molar-refractivity contribution in [3.63, 3.8) is 0 Å². The monoisotopic (exact) mass is 224 g/mol. The van der Waals surface area contributed by atoms with Crippen molar-refractivity contribution in [1.82, 2.24) is 10.2 Å². The van der Waals surface area contributed by atoms with E-state index in [-0.39, 0.29) is 11.4 Å². The van der Waals surface area contributed by atoms with Crippen LogP contribution >= 0.6 is 0 Å². The number of aromatic carboxylic acids is 1. The fourth-order valence-electron chi connectivity index (χ4n) is 1.50. The standard InChI is InChI=1S/C10H12N2O4/c13-10(14)8-1-3-11-12-9(8)16-6-7-2-4-15-5-7/h1,3,7H,2,4-6H2,(H,13,14). The molecule has 0 amide bonds. The van der Waals surface area contributed by atoms with Crippen LogP contribution in [-0.4, -0.2) is 41.1 Å². The first-order chi connectivity index (χ1) is 7.77. The smallest absolute Gasteiger partial charge is 0.341 e. The van der Waals surface area contributed by atoms with Gasteiger partial charge in [-0.2, -0.15) is 5.10 Å². The van der Waals surface area contributed by atoms with E-state index in [1.54, 1.807) is 0 Å². The summed E-state index contributed by atoms with van der Waals surface area (Å²) >= 11 is 0. The molecule has 1 unspecified atom stereocenters. The lowest BCUT2D eigenvalue weighted by molar-refractivity contribution is 0.0689. The van der Waals surface area contributed by atoms with Crippen LogP contribution in [-0.2, 0) is 4.74 Å². The summed E-state index contributed by atoms with van der Waals surface area (Å²) in [5.74, 6) is -0.682. The Morgan fingerprint density at radius 1 is 1.69 bits per heavy atom. The number of carboxylic acids is 1. The largest absolute Gasteiger partial charge is 0.477 e. The van der Waals surface area contributed by atoms with Crippen molar-refractivity contribution in [1.29, 1.82) is 0 Å². The quantitative estimate of drug-likeness (QED) is 0.806. The van der Waals surface area contributed by atoms with Crippen LogP contribution in [0.2, 0.25) is 0 Å². The van der Waals surface area contributed by atoms with Crippen LogP contribution in [0.4, 0.5) is 0 Å². The van der Waals surface area contributed by atoms with Gasteiger partial charge in [0.2, 0.25) is 5.88 Å². The first-order valence-electron chi connectivity index (χ1n) is 5.03. The molecule has 1 aromatic heterocycles. The molecule has 2 rings (SSSR count). The first kappa shape index (κ1) is 10.8. The van der Waals surface area contributed by atoms with E-state index in [0.29, 0.717) is 19.1 Å². The molecule has 0 radical (unpaired) electrons. The number of carbonyl (C=O) groups is 1. The summed E-state index contributed by atoms with van der Waals surface area (Å²) in [7, 11) is 0. The summed E-state index contributed by atoms with van der Waals surface area (Å²) in [5, 5.41) is 16.2. The van der Waals surface area contributed by atoms with Crippen molar-refractivity contribution < 1.29 is 19.4 Å². The number of rotatable bonds is 4. The fourth-order valence-corrected chi connectivity index (χ4v) is 1.50. The van der Waals surface area contributed by atoms with Gasteiger partial charge in [0.05, 0.1) is 19.4 Å². The van der Waals surface area contributed by atoms with Gasteiger partial charge in [0.1, 0.15) is 5.56 Å². The molecule has 0 bridgehead atoms. The van der Waals surface area contributed by atoms with Crippen LogP contribution in [0.1, 0.15) is 16.8 Å². The van der Waals surface area contributed by atoms with Crippen LogP contribution in [0.3, 0.4) is 0 Å². The molecule has 1 saturated heterocycles. The lowest BCUT2D eigenvalue weighted by atomic mass is 10.1. The second-order valence-corrected chi connectivity index (χ2v) is 3.60. The van der Waals surface area contributed by atoms with E-state index in [1.807, 2.05) is 0 Å². The van der Waals surface area contributed by atoms with E-state index >= 15 is 0 Å². The van der Waals surface area contributed by atoms with Gasteiger partial charge in [-0.15, -0.1) is 5.10 Å². The average molecular weight is 224 g/mol. The molecule has 0 saturated carbocycles. The molecule has 1 atom stereocenters. The summed E-state index contributed by atoms with van der Waals surface area (Å²) in [5.41, 5.74) is 0.0360. The van der Waals surface area contributed by atoms with Gasteiger partial charge in [-0.3, -0.25) is 0 Å². The number of ether oxygens (including phenoxy) is 2. The summed E-state index contributed by atoms with van der Waals surface area (Å²) in [6.45, 7) is 1.81. The minimum atomic E-state index is -1.06. The summed E-state index contributed by atoms with van der Waals surface area (Å²) in [6.07, 6.45) is 2.26. The van der Waals surface area contributed by atoms with Crippen LogP contribution in [0.25, 0.3) is 0 Å². The van der Waals surface area contributed by atoms with Crippen molar-refractivity contribution in [2.24, 2.45) is 5.92 Å². The topological polar surface area (TPSA) is 81.5 Å². The van der Waals surface area contributed by atoms with E-state index < -0.39 is 5.97 Å². The number of hydrogen-bond donors (Lipinski definition) is 1. The van der Waals surface area contributed by atoms with E-state index in [0.717, 1.165) is 13.0 Å². The maximum Gasteiger partial charge on any atom is 0.341 e. The zero-order valence-corrected chi connectivity index (χ0v) is 8.63. The minimum absolute atomic E-state index is 0.0360. The minimum Gasteiger partial charge on any atom is -0.477 e.